The number of amides is 2. The normalized spacial score (nSPS) is 17.8. The third-order valence-corrected chi connectivity index (χ3v) is 6.75. The van der Waals surface area contributed by atoms with Crippen LogP contribution in [0, 0.1) is 5.92 Å². The number of hydrogen-bond acceptors (Lipinski definition) is 4. The van der Waals surface area contributed by atoms with Crippen molar-refractivity contribution in [2.24, 2.45) is 5.92 Å². The first-order valence-electron chi connectivity index (χ1n) is 11.7. The molecule has 2 aromatic heterocycles. The maximum absolute atomic E-state index is 13.5. The van der Waals surface area contributed by atoms with Crippen LogP contribution in [0.5, 0.6) is 0 Å². The first-order valence-corrected chi connectivity index (χ1v) is 11.7. The zero-order chi connectivity index (χ0) is 23.4. The summed E-state index contributed by atoms with van der Waals surface area (Å²) in [5.74, 6) is -0.152. The van der Waals surface area contributed by atoms with Crippen LogP contribution in [0.1, 0.15) is 64.1 Å². The molecule has 7 nitrogen and oxygen atoms in total. The smallest absolute Gasteiger partial charge is 0.259 e. The molecule has 4 heterocycles. The van der Waals surface area contributed by atoms with E-state index >= 15 is 0 Å². The van der Waals surface area contributed by atoms with Crippen molar-refractivity contribution in [1.29, 1.82) is 0 Å². The van der Waals surface area contributed by atoms with Crippen molar-refractivity contribution < 1.29 is 9.59 Å². The molecule has 2 amide bonds. The molecule has 3 aromatic rings. The van der Waals surface area contributed by atoms with Gasteiger partial charge in [0.1, 0.15) is 0 Å². The van der Waals surface area contributed by atoms with Crippen molar-refractivity contribution in [2.45, 2.75) is 59.5 Å². The predicted molar refractivity (Wildman–Crippen MR) is 129 cm³/mol. The minimum Gasteiger partial charge on any atom is -0.356 e. The minimum atomic E-state index is -0.289. The average Bonchev–Trinajstić information content (AvgIpc) is 3.44. The fraction of sp³-hybridized carbons (Fsp3) is 0.423. The molecule has 0 saturated carbocycles. The molecule has 2 aliphatic heterocycles. The lowest BCUT2D eigenvalue weighted by molar-refractivity contribution is -0.139. The third kappa shape index (κ3) is 3.46. The number of nitrogens with one attached hydrogen (secondary N) is 1. The average molecular weight is 446 g/mol. The Morgan fingerprint density at radius 1 is 1.21 bits per heavy atom. The van der Waals surface area contributed by atoms with Gasteiger partial charge in [0.25, 0.3) is 5.91 Å². The molecule has 5 rings (SSSR count). The molecule has 0 fully saturated rings. The Morgan fingerprint density at radius 2 is 2.00 bits per heavy atom. The molecule has 7 heteroatoms. The van der Waals surface area contributed by atoms with Crippen molar-refractivity contribution in [1.82, 2.24) is 19.2 Å². The molecule has 1 atom stereocenters. The number of aryl methyl sites for hydroxylation is 1. The van der Waals surface area contributed by atoms with Gasteiger partial charge >= 0.3 is 0 Å². The number of aromatic nitrogens is 3. The fourth-order valence-electron chi connectivity index (χ4n) is 4.99. The van der Waals surface area contributed by atoms with Crippen LogP contribution in [0.15, 0.2) is 48.1 Å². The Balaban J connectivity index is 1.74. The summed E-state index contributed by atoms with van der Waals surface area (Å²) in [6.07, 6.45) is 7.18. The lowest BCUT2D eigenvalue weighted by Crippen LogP contribution is -2.33. The van der Waals surface area contributed by atoms with Crippen molar-refractivity contribution in [3.8, 4) is 0 Å². The second-order valence-corrected chi connectivity index (χ2v) is 9.87. The molecule has 1 aromatic carbocycles. The molecule has 0 radical (unpaired) electrons. The maximum Gasteiger partial charge on any atom is 0.259 e. The minimum absolute atomic E-state index is 0.215. The monoisotopic (exact) mass is 445 g/mol. The Labute approximate surface area is 194 Å². The standard InChI is InChI=1S/C26H31N5O2/c1-15(2)9-10-29-13-19-23(18-11-27-31(12-18)16(3)4)25-21(14-30(17(5)32)26(25)33)28-20-7-6-8-22(29)24(19)20/h6-8,11-13,15-16,23,28H,9-10,14H2,1-5H3/t23-/m1/s1. The summed E-state index contributed by atoms with van der Waals surface area (Å²) < 4.78 is 4.23. The zero-order valence-corrected chi connectivity index (χ0v) is 19.9. The maximum atomic E-state index is 13.5. The Morgan fingerprint density at radius 3 is 2.67 bits per heavy atom. The van der Waals surface area contributed by atoms with Gasteiger partial charge in [-0.2, -0.15) is 5.10 Å². The van der Waals surface area contributed by atoms with Crippen molar-refractivity contribution in [3.05, 3.63) is 59.2 Å². The highest BCUT2D eigenvalue weighted by Crippen LogP contribution is 2.46. The number of rotatable bonds is 5. The zero-order valence-electron chi connectivity index (χ0n) is 19.9. The van der Waals surface area contributed by atoms with Gasteiger partial charge in [-0.15, -0.1) is 0 Å². The van der Waals surface area contributed by atoms with E-state index < -0.39 is 0 Å². The second-order valence-electron chi connectivity index (χ2n) is 9.87. The summed E-state index contributed by atoms with van der Waals surface area (Å²) in [4.78, 5) is 27.1. The van der Waals surface area contributed by atoms with Crippen LogP contribution in [0.25, 0.3) is 10.9 Å². The predicted octanol–water partition coefficient (Wildman–Crippen LogP) is 4.67. The van der Waals surface area contributed by atoms with Gasteiger partial charge in [0.05, 0.1) is 23.8 Å². The van der Waals surface area contributed by atoms with Gasteiger partial charge in [0.15, 0.2) is 0 Å². The van der Waals surface area contributed by atoms with E-state index in [1.165, 1.54) is 11.8 Å². The number of imide groups is 1. The van der Waals surface area contributed by atoms with Gasteiger partial charge in [-0.3, -0.25) is 19.2 Å². The van der Waals surface area contributed by atoms with Crippen molar-refractivity contribution >= 4 is 28.4 Å². The molecule has 0 spiro atoms. The third-order valence-electron chi connectivity index (χ3n) is 6.75. The summed E-state index contributed by atoms with van der Waals surface area (Å²) in [6.45, 7) is 11.3. The van der Waals surface area contributed by atoms with Gasteiger partial charge in [-0.1, -0.05) is 19.9 Å². The van der Waals surface area contributed by atoms with Gasteiger partial charge < -0.3 is 9.88 Å². The van der Waals surface area contributed by atoms with E-state index in [-0.39, 0.29) is 30.3 Å². The molecule has 2 aliphatic rings. The van der Waals surface area contributed by atoms with E-state index in [1.54, 1.807) is 0 Å². The van der Waals surface area contributed by atoms with Crippen LogP contribution in [0.3, 0.4) is 0 Å². The molecule has 0 aliphatic carbocycles. The number of carbonyl (C=O) groups is 2. The highest BCUT2D eigenvalue weighted by molar-refractivity contribution is 6.11. The fourth-order valence-corrected chi connectivity index (χ4v) is 4.99. The van der Waals surface area contributed by atoms with Gasteiger partial charge in [0.2, 0.25) is 5.91 Å². The molecule has 172 valence electrons. The summed E-state index contributed by atoms with van der Waals surface area (Å²) in [6, 6.07) is 6.48. The summed E-state index contributed by atoms with van der Waals surface area (Å²) in [7, 11) is 0. The number of benzene rings is 1. The van der Waals surface area contributed by atoms with Crippen LogP contribution in [0.2, 0.25) is 0 Å². The summed E-state index contributed by atoms with van der Waals surface area (Å²) in [5.41, 5.74) is 5.65. The largest absolute Gasteiger partial charge is 0.356 e. The summed E-state index contributed by atoms with van der Waals surface area (Å²) >= 11 is 0. The van der Waals surface area contributed by atoms with Crippen molar-refractivity contribution in [3.63, 3.8) is 0 Å². The van der Waals surface area contributed by atoms with Crippen LogP contribution >= 0.6 is 0 Å². The molecular formula is C26H31N5O2. The molecule has 1 N–H and O–H groups in total. The first-order chi connectivity index (χ1) is 15.8. The molecule has 0 bridgehead atoms. The number of carbonyl (C=O) groups excluding carboxylic acids is 2. The summed E-state index contributed by atoms with van der Waals surface area (Å²) in [5, 5.41) is 9.25. The van der Waals surface area contributed by atoms with Crippen LogP contribution in [0.4, 0.5) is 5.69 Å². The Kier molecular flexibility index (Phi) is 5.15. The van der Waals surface area contributed by atoms with Crippen LogP contribution in [-0.2, 0) is 16.1 Å². The Bertz CT molecular complexity index is 1290. The van der Waals surface area contributed by atoms with Gasteiger partial charge in [0, 0.05) is 60.2 Å². The quantitative estimate of drug-likeness (QED) is 0.620. The van der Waals surface area contributed by atoms with E-state index in [0.717, 1.165) is 46.4 Å². The number of nitrogens with zero attached hydrogens (tertiary/aromatic N) is 4. The van der Waals surface area contributed by atoms with Gasteiger partial charge in [-0.25, -0.2) is 0 Å². The molecule has 0 unspecified atom stereocenters. The first kappa shape index (κ1) is 21.5. The van der Waals surface area contributed by atoms with Crippen molar-refractivity contribution in [2.75, 3.05) is 11.9 Å². The lowest BCUT2D eigenvalue weighted by atomic mass is 9.86. The number of hydrogen-bond donors (Lipinski definition) is 1. The lowest BCUT2D eigenvalue weighted by Gasteiger charge is -2.18. The SMILES string of the molecule is CC(=O)N1CC2=C(C1=O)[C@H](c1cnn(C(C)C)c1)c1cn(CCC(C)C)c3cccc(c13)N2. The highest BCUT2D eigenvalue weighted by Gasteiger charge is 2.42. The molecule has 0 saturated heterocycles. The highest BCUT2D eigenvalue weighted by atomic mass is 16.2. The van der Waals surface area contributed by atoms with Crippen LogP contribution in [-0.4, -0.2) is 37.6 Å². The van der Waals surface area contributed by atoms with Gasteiger partial charge in [-0.05, 0) is 43.9 Å². The van der Waals surface area contributed by atoms with E-state index in [2.05, 4.69) is 67.1 Å². The van der Waals surface area contributed by atoms with E-state index in [9.17, 15) is 9.59 Å². The second kappa shape index (κ2) is 7.90. The molecular weight excluding hydrogens is 414 g/mol. The van der Waals surface area contributed by atoms with E-state index in [4.69, 9.17) is 0 Å². The Hall–Kier alpha value is -3.35. The van der Waals surface area contributed by atoms with E-state index in [1.807, 2.05) is 17.1 Å². The molecule has 33 heavy (non-hydrogen) atoms. The topological polar surface area (TPSA) is 72.2 Å². The number of anilines is 1. The van der Waals surface area contributed by atoms with E-state index in [0.29, 0.717) is 11.5 Å². The van der Waals surface area contributed by atoms with Crippen LogP contribution < -0.4 is 5.32 Å².